The molecule has 0 saturated heterocycles. The van der Waals surface area contributed by atoms with E-state index in [2.05, 4.69) is 10.6 Å². The molecule has 38 heavy (non-hydrogen) atoms. The highest BCUT2D eigenvalue weighted by Gasteiger charge is 2.29. The number of nitrogens with zero attached hydrogens (tertiary/aromatic N) is 1. The predicted octanol–water partition coefficient (Wildman–Crippen LogP) is 2.81. The number of benzene rings is 3. The van der Waals surface area contributed by atoms with Crippen LogP contribution in [0.3, 0.4) is 0 Å². The number of hydrogen-bond acceptors (Lipinski definition) is 7. The summed E-state index contributed by atoms with van der Waals surface area (Å²) in [5.74, 6) is -1.05. The molecule has 3 aromatic carbocycles. The van der Waals surface area contributed by atoms with Crippen LogP contribution in [0, 0.1) is 5.82 Å². The molecular formula is C26H26FN3O7S. The maximum atomic E-state index is 13.7. The van der Waals surface area contributed by atoms with Crippen molar-refractivity contribution in [2.24, 2.45) is 0 Å². The summed E-state index contributed by atoms with van der Waals surface area (Å²) in [6, 6.07) is 15.2. The maximum Gasteiger partial charge on any atom is 0.264 e. The number of sulfonamides is 1. The number of anilines is 2. The van der Waals surface area contributed by atoms with E-state index in [1.165, 1.54) is 49.6 Å². The Balaban J connectivity index is 1.61. The van der Waals surface area contributed by atoms with Crippen LogP contribution in [-0.4, -0.2) is 60.3 Å². The van der Waals surface area contributed by atoms with Gasteiger partial charge in [-0.05, 0) is 48.5 Å². The van der Waals surface area contributed by atoms with E-state index >= 15 is 0 Å². The molecule has 1 aliphatic heterocycles. The SMILES string of the molecule is COCCNC(=O)c1ccccc1NC(=O)CN(c1ccc(F)cc1)S(=O)(=O)c1ccc2c(c1)OCCO2. The van der Waals surface area contributed by atoms with Gasteiger partial charge in [-0.2, -0.15) is 0 Å². The van der Waals surface area contributed by atoms with E-state index in [9.17, 15) is 22.4 Å². The maximum absolute atomic E-state index is 13.7. The van der Waals surface area contributed by atoms with Crippen LogP contribution in [0.5, 0.6) is 11.5 Å². The standard InChI is InChI=1S/C26H26FN3O7S/c1-35-13-12-28-26(32)21-4-2-3-5-22(21)29-25(31)17-30(19-8-6-18(27)7-9-19)38(33,34)20-10-11-23-24(16-20)37-15-14-36-23/h2-11,16H,12-15,17H2,1H3,(H,28,32)(H,29,31). The number of ether oxygens (including phenoxy) is 3. The number of halogens is 1. The lowest BCUT2D eigenvalue weighted by Gasteiger charge is -2.25. The van der Waals surface area contributed by atoms with Gasteiger partial charge in [-0.3, -0.25) is 13.9 Å². The molecule has 0 atom stereocenters. The third-order valence-electron chi connectivity index (χ3n) is 5.54. The van der Waals surface area contributed by atoms with Crippen LogP contribution in [0.15, 0.2) is 71.6 Å². The summed E-state index contributed by atoms with van der Waals surface area (Å²) in [7, 11) is -2.80. The second-order valence-electron chi connectivity index (χ2n) is 8.14. The molecule has 10 nitrogen and oxygen atoms in total. The van der Waals surface area contributed by atoms with Crippen molar-refractivity contribution >= 4 is 33.2 Å². The number of carbonyl (C=O) groups excluding carboxylic acids is 2. The Morgan fingerprint density at radius 3 is 2.45 bits per heavy atom. The summed E-state index contributed by atoms with van der Waals surface area (Å²) in [5, 5.41) is 5.29. The molecule has 0 fully saturated rings. The minimum absolute atomic E-state index is 0.0713. The van der Waals surface area contributed by atoms with Crippen molar-refractivity contribution in [3.63, 3.8) is 0 Å². The highest BCUT2D eigenvalue weighted by Crippen LogP contribution is 2.34. The predicted molar refractivity (Wildman–Crippen MR) is 138 cm³/mol. The largest absolute Gasteiger partial charge is 0.486 e. The third kappa shape index (κ3) is 6.21. The smallest absolute Gasteiger partial charge is 0.264 e. The zero-order valence-corrected chi connectivity index (χ0v) is 21.3. The van der Waals surface area contributed by atoms with Crippen LogP contribution in [0.25, 0.3) is 0 Å². The van der Waals surface area contributed by atoms with Crippen molar-refractivity contribution in [1.29, 1.82) is 0 Å². The molecule has 0 unspecified atom stereocenters. The van der Waals surface area contributed by atoms with E-state index in [0.29, 0.717) is 19.0 Å². The van der Waals surface area contributed by atoms with E-state index in [4.69, 9.17) is 14.2 Å². The molecule has 1 aliphatic rings. The van der Waals surface area contributed by atoms with Crippen molar-refractivity contribution < 1.29 is 36.6 Å². The van der Waals surface area contributed by atoms with Crippen molar-refractivity contribution in [3.8, 4) is 11.5 Å². The van der Waals surface area contributed by atoms with Gasteiger partial charge in [-0.15, -0.1) is 0 Å². The van der Waals surface area contributed by atoms with Crippen LogP contribution >= 0.6 is 0 Å². The van der Waals surface area contributed by atoms with Gasteiger partial charge in [0, 0.05) is 19.7 Å². The molecule has 4 rings (SSSR count). The second-order valence-corrected chi connectivity index (χ2v) is 10.00. The van der Waals surface area contributed by atoms with Gasteiger partial charge in [0.15, 0.2) is 11.5 Å². The summed E-state index contributed by atoms with van der Waals surface area (Å²) < 4.78 is 57.8. The first kappa shape index (κ1) is 26.9. The Morgan fingerprint density at radius 1 is 1.00 bits per heavy atom. The van der Waals surface area contributed by atoms with Crippen molar-refractivity contribution in [2.75, 3.05) is 49.6 Å². The summed E-state index contributed by atoms with van der Waals surface area (Å²) in [4.78, 5) is 25.6. The van der Waals surface area contributed by atoms with E-state index in [-0.39, 0.29) is 40.7 Å². The normalized spacial score (nSPS) is 12.5. The van der Waals surface area contributed by atoms with Gasteiger partial charge in [0.25, 0.3) is 15.9 Å². The Hall–Kier alpha value is -4.16. The molecule has 200 valence electrons. The Morgan fingerprint density at radius 2 is 1.71 bits per heavy atom. The van der Waals surface area contributed by atoms with Crippen molar-refractivity contribution in [2.45, 2.75) is 4.90 Å². The first-order valence-corrected chi connectivity index (χ1v) is 13.1. The molecule has 1 heterocycles. The van der Waals surface area contributed by atoms with Crippen molar-refractivity contribution in [3.05, 3.63) is 78.1 Å². The molecular weight excluding hydrogens is 517 g/mol. The molecule has 0 aliphatic carbocycles. The molecule has 2 N–H and O–H groups in total. The third-order valence-corrected chi connectivity index (χ3v) is 7.31. The lowest BCUT2D eigenvalue weighted by atomic mass is 10.1. The molecule has 0 bridgehead atoms. The average molecular weight is 544 g/mol. The van der Waals surface area contributed by atoms with Gasteiger partial charge in [-0.1, -0.05) is 12.1 Å². The summed E-state index contributed by atoms with van der Waals surface area (Å²) in [5.41, 5.74) is 0.463. The van der Waals surface area contributed by atoms with E-state index in [0.717, 1.165) is 16.4 Å². The fourth-order valence-corrected chi connectivity index (χ4v) is 5.14. The lowest BCUT2D eigenvalue weighted by Crippen LogP contribution is -2.38. The highest BCUT2D eigenvalue weighted by molar-refractivity contribution is 7.92. The summed E-state index contributed by atoms with van der Waals surface area (Å²) in [6.07, 6.45) is 0. The summed E-state index contributed by atoms with van der Waals surface area (Å²) in [6.45, 7) is 0.530. The van der Waals surface area contributed by atoms with Gasteiger partial charge in [-0.25, -0.2) is 12.8 Å². The zero-order valence-electron chi connectivity index (χ0n) is 20.5. The number of fused-ring (bicyclic) bond motifs is 1. The lowest BCUT2D eigenvalue weighted by molar-refractivity contribution is -0.114. The van der Waals surface area contributed by atoms with E-state index in [1.54, 1.807) is 12.1 Å². The molecule has 2 amide bonds. The zero-order chi connectivity index (χ0) is 27.1. The number of carbonyl (C=O) groups is 2. The fourth-order valence-electron chi connectivity index (χ4n) is 3.71. The molecule has 0 aromatic heterocycles. The first-order chi connectivity index (χ1) is 18.3. The fraction of sp³-hybridized carbons (Fsp3) is 0.231. The van der Waals surface area contributed by atoms with Gasteiger partial charge in [0.2, 0.25) is 5.91 Å². The van der Waals surface area contributed by atoms with Crippen LogP contribution in [0.1, 0.15) is 10.4 Å². The number of methoxy groups -OCH3 is 1. The van der Waals surface area contributed by atoms with Gasteiger partial charge < -0.3 is 24.8 Å². The number of para-hydroxylation sites is 1. The highest BCUT2D eigenvalue weighted by atomic mass is 32.2. The Bertz CT molecular complexity index is 1410. The monoisotopic (exact) mass is 543 g/mol. The van der Waals surface area contributed by atoms with Gasteiger partial charge in [0.1, 0.15) is 25.6 Å². The quantitative estimate of drug-likeness (QED) is 0.377. The number of rotatable bonds is 10. The molecule has 0 saturated carbocycles. The second kappa shape index (κ2) is 11.9. The molecule has 3 aromatic rings. The van der Waals surface area contributed by atoms with Gasteiger partial charge in [0.05, 0.1) is 28.4 Å². The number of nitrogens with one attached hydrogen (secondary N) is 2. The van der Waals surface area contributed by atoms with Crippen LogP contribution in [-0.2, 0) is 19.6 Å². The Kier molecular flexibility index (Phi) is 8.44. The topological polar surface area (TPSA) is 123 Å². The van der Waals surface area contributed by atoms with Crippen LogP contribution in [0.4, 0.5) is 15.8 Å². The number of hydrogen-bond donors (Lipinski definition) is 2. The minimum Gasteiger partial charge on any atom is -0.486 e. The number of amides is 2. The summed E-state index contributed by atoms with van der Waals surface area (Å²) >= 11 is 0. The first-order valence-electron chi connectivity index (χ1n) is 11.6. The van der Waals surface area contributed by atoms with Gasteiger partial charge >= 0.3 is 0 Å². The van der Waals surface area contributed by atoms with Crippen LogP contribution < -0.4 is 24.4 Å². The Labute approximate surface area is 219 Å². The molecule has 0 radical (unpaired) electrons. The van der Waals surface area contributed by atoms with E-state index < -0.39 is 34.2 Å². The minimum atomic E-state index is -4.31. The van der Waals surface area contributed by atoms with Crippen molar-refractivity contribution in [1.82, 2.24) is 5.32 Å². The molecule has 12 heteroatoms. The average Bonchev–Trinajstić information content (AvgIpc) is 2.92. The molecule has 0 spiro atoms. The van der Waals surface area contributed by atoms with Crippen LogP contribution in [0.2, 0.25) is 0 Å². The van der Waals surface area contributed by atoms with E-state index in [1.807, 2.05) is 0 Å².